The minimum absolute atomic E-state index is 0.0375. The number of anilines is 1. The molecule has 0 aliphatic rings. The summed E-state index contributed by atoms with van der Waals surface area (Å²) in [6.07, 6.45) is -1.17. The lowest BCUT2D eigenvalue weighted by Gasteiger charge is -2.18. The zero-order valence-electron chi connectivity index (χ0n) is 15.4. The number of rotatable bonds is 9. The SMILES string of the molecule is COc1cccc(NC(=O)[C@H](CCC(=O)O)NC(=O)OCc2ccccc2)c1. The molecule has 2 aromatic rings. The van der Waals surface area contributed by atoms with Gasteiger partial charge in [0.15, 0.2) is 0 Å². The van der Waals surface area contributed by atoms with Gasteiger partial charge in [-0.05, 0) is 24.1 Å². The van der Waals surface area contributed by atoms with Crippen LogP contribution in [0.3, 0.4) is 0 Å². The number of amides is 2. The zero-order valence-corrected chi connectivity index (χ0v) is 15.4. The molecular formula is C20H22N2O6. The Balaban J connectivity index is 1.97. The van der Waals surface area contributed by atoms with Gasteiger partial charge in [0.05, 0.1) is 7.11 Å². The van der Waals surface area contributed by atoms with Gasteiger partial charge in [-0.25, -0.2) is 4.79 Å². The first kappa shape index (κ1) is 20.8. The van der Waals surface area contributed by atoms with Gasteiger partial charge in [0.2, 0.25) is 5.91 Å². The molecule has 0 bridgehead atoms. The molecule has 1 atom stereocenters. The molecule has 0 aliphatic heterocycles. The number of methoxy groups -OCH3 is 1. The van der Waals surface area contributed by atoms with Gasteiger partial charge in [-0.3, -0.25) is 9.59 Å². The number of carboxylic acid groups (broad SMARTS) is 1. The molecule has 2 rings (SSSR count). The highest BCUT2D eigenvalue weighted by Gasteiger charge is 2.23. The number of carbonyl (C=O) groups is 3. The summed E-state index contributed by atoms with van der Waals surface area (Å²) in [5.41, 5.74) is 1.25. The monoisotopic (exact) mass is 386 g/mol. The maximum atomic E-state index is 12.5. The van der Waals surface area contributed by atoms with E-state index in [2.05, 4.69) is 10.6 Å². The average Bonchev–Trinajstić information content (AvgIpc) is 2.70. The van der Waals surface area contributed by atoms with Crippen LogP contribution in [0.2, 0.25) is 0 Å². The van der Waals surface area contributed by atoms with Crippen LogP contribution in [-0.2, 0) is 20.9 Å². The number of ether oxygens (including phenoxy) is 2. The van der Waals surface area contributed by atoms with E-state index in [9.17, 15) is 14.4 Å². The molecule has 2 aromatic carbocycles. The molecule has 3 N–H and O–H groups in total. The highest BCUT2D eigenvalue weighted by molar-refractivity contribution is 5.96. The van der Waals surface area contributed by atoms with E-state index in [1.807, 2.05) is 18.2 Å². The summed E-state index contributed by atoms with van der Waals surface area (Å²) in [5, 5.41) is 14.0. The Labute approximate surface area is 162 Å². The normalized spacial score (nSPS) is 11.2. The van der Waals surface area contributed by atoms with Crippen molar-refractivity contribution in [2.75, 3.05) is 12.4 Å². The van der Waals surface area contributed by atoms with Crippen molar-refractivity contribution >= 4 is 23.7 Å². The van der Waals surface area contributed by atoms with Crippen LogP contribution < -0.4 is 15.4 Å². The van der Waals surface area contributed by atoms with E-state index >= 15 is 0 Å². The van der Waals surface area contributed by atoms with Gasteiger partial charge in [0.1, 0.15) is 18.4 Å². The number of aliphatic carboxylic acids is 1. The molecule has 148 valence electrons. The number of hydrogen-bond donors (Lipinski definition) is 3. The lowest BCUT2D eigenvalue weighted by molar-refractivity contribution is -0.137. The summed E-state index contributed by atoms with van der Waals surface area (Å²) in [7, 11) is 1.50. The van der Waals surface area contributed by atoms with Crippen LogP contribution >= 0.6 is 0 Å². The van der Waals surface area contributed by atoms with Gasteiger partial charge in [-0.2, -0.15) is 0 Å². The quantitative estimate of drug-likeness (QED) is 0.611. The minimum atomic E-state index is -1.07. The molecule has 0 saturated heterocycles. The van der Waals surface area contributed by atoms with Gasteiger partial charge in [0.25, 0.3) is 0 Å². The van der Waals surface area contributed by atoms with E-state index in [0.29, 0.717) is 11.4 Å². The zero-order chi connectivity index (χ0) is 20.4. The van der Waals surface area contributed by atoms with Gasteiger partial charge >= 0.3 is 12.1 Å². The maximum absolute atomic E-state index is 12.5. The Morgan fingerprint density at radius 2 is 1.82 bits per heavy atom. The molecule has 8 heteroatoms. The van der Waals surface area contributed by atoms with Crippen molar-refractivity contribution in [3.8, 4) is 5.75 Å². The Morgan fingerprint density at radius 3 is 2.50 bits per heavy atom. The fourth-order valence-electron chi connectivity index (χ4n) is 2.37. The number of carboxylic acids is 1. The van der Waals surface area contributed by atoms with E-state index < -0.39 is 24.0 Å². The Kier molecular flexibility index (Phi) is 7.83. The van der Waals surface area contributed by atoms with Crippen LogP contribution in [0, 0.1) is 0 Å². The van der Waals surface area contributed by atoms with Crippen LogP contribution in [0.4, 0.5) is 10.5 Å². The fourth-order valence-corrected chi connectivity index (χ4v) is 2.37. The van der Waals surface area contributed by atoms with Crippen molar-refractivity contribution in [3.05, 3.63) is 60.2 Å². The van der Waals surface area contributed by atoms with E-state index in [0.717, 1.165) is 5.56 Å². The number of carbonyl (C=O) groups excluding carboxylic acids is 2. The molecule has 0 aliphatic carbocycles. The van der Waals surface area contributed by atoms with Gasteiger partial charge in [0, 0.05) is 18.2 Å². The van der Waals surface area contributed by atoms with Crippen LogP contribution in [0.5, 0.6) is 5.75 Å². The molecular weight excluding hydrogens is 364 g/mol. The Hall–Kier alpha value is -3.55. The molecule has 0 saturated carbocycles. The molecule has 0 fully saturated rings. The van der Waals surface area contributed by atoms with E-state index in [1.165, 1.54) is 7.11 Å². The summed E-state index contributed by atoms with van der Waals surface area (Å²) in [5.74, 6) is -1.07. The molecule has 8 nitrogen and oxygen atoms in total. The van der Waals surface area contributed by atoms with Gasteiger partial charge in [-0.15, -0.1) is 0 Å². The minimum Gasteiger partial charge on any atom is -0.497 e. The molecule has 0 unspecified atom stereocenters. The predicted octanol–water partition coefficient (Wildman–Crippen LogP) is 2.79. The summed E-state index contributed by atoms with van der Waals surface area (Å²) in [6, 6.07) is 14.7. The van der Waals surface area contributed by atoms with Crippen molar-refractivity contribution < 1.29 is 29.0 Å². The molecule has 0 radical (unpaired) electrons. The number of benzene rings is 2. The third kappa shape index (κ3) is 6.99. The summed E-state index contributed by atoms with van der Waals surface area (Å²) < 4.78 is 10.2. The van der Waals surface area contributed by atoms with Crippen molar-refractivity contribution in [1.29, 1.82) is 0 Å². The van der Waals surface area contributed by atoms with E-state index in [1.54, 1.807) is 36.4 Å². The van der Waals surface area contributed by atoms with Crippen molar-refractivity contribution in [3.63, 3.8) is 0 Å². The first-order valence-electron chi connectivity index (χ1n) is 8.62. The first-order chi connectivity index (χ1) is 13.5. The second-order valence-corrected chi connectivity index (χ2v) is 5.91. The highest BCUT2D eigenvalue weighted by Crippen LogP contribution is 2.17. The molecule has 0 heterocycles. The molecule has 0 aromatic heterocycles. The van der Waals surface area contributed by atoms with Crippen LogP contribution in [0.1, 0.15) is 18.4 Å². The topological polar surface area (TPSA) is 114 Å². The molecule has 0 spiro atoms. The Bertz CT molecular complexity index is 809. The van der Waals surface area contributed by atoms with Crippen LogP contribution in [-0.4, -0.2) is 36.2 Å². The van der Waals surface area contributed by atoms with Crippen molar-refractivity contribution in [2.24, 2.45) is 0 Å². The van der Waals surface area contributed by atoms with Crippen molar-refractivity contribution in [2.45, 2.75) is 25.5 Å². The standard InChI is InChI=1S/C20H22N2O6/c1-27-16-9-5-8-15(12-16)21-19(25)17(10-11-18(23)24)22-20(26)28-13-14-6-3-2-4-7-14/h2-9,12,17H,10-11,13H2,1H3,(H,21,25)(H,22,26)(H,23,24)/t17-/m0/s1. The van der Waals surface area contributed by atoms with Crippen LogP contribution in [0.25, 0.3) is 0 Å². The summed E-state index contributed by atoms with van der Waals surface area (Å²) in [4.78, 5) is 35.4. The average molecular weight is 386 g/mol. The largest absolute Gasteiger partial charge is 0.497 e. The Morgan fingerprint density at radius 1 is 1.07 bits per heavy atom. The van der Waals surface area contributed by atoms with E-state index in [-0.39, 0.29) is 19.4 Å². The second kappa shape index (κ2) is 10.6. The van der Waals surface area contributed by atoms with E-state index in [4.69, 9.17) is 14.6 Å². The summed E-state index contributed by atoms with van der Waals surface area (Å²) >= 11 is 0. The van der Waals surface area contributed by atoms with Crippen LogP contribution in [0.15, 0.2) is 54.6 Å². The van der Waals surface area contributed by atoms with Crippen molar-refractivity contribution in [1.82, 2.24) is 5.32 Å². The molecule has 2 amide bonds. The predicted molar refractivity (Wildman–Crippen MR) is 102 cm³/mol. The second-order valence-electron chi connectivity index (χ2n) is 5.91. The van der Waals surface area contributed by atoms with Gasteiger partial charge in [-0.1, -0.05) is 36.4 Å². The fraction of sp³-hybridized carbons (Fsp3) is 0.250. The third-order valence-electron chi connectivity index (χ3n) is 3.81. The number of alkyl carbamates (subject to hydrolysis) is 1. The lowest BCUT2D eigenvalue weighted by atomic mass is 10.1. The first-order valence-corrected chi connectivity index (χ1v) is 8.62. The molecule has 28 heavy (non-hydrogen) atoms. The highest BCUT2D eigenvalue weighted by atomic mass is 16.5. The van der Waals surface area contributed by atoms with Gasteiger partial charge < -0.3 is 25.2 Å². The number of nitrogens with one attached hydrogen (secondary N) is 2. The smallest absolute Gasteiger partial charge is 0.408 e. The lowest BCUT2D eigenvalue weighted by Crippen LogP contribution is -2.44. The third-order valence-corrected chi connectivity index (χ3v) is 3.81. The number of hydrogen-bond acceptors (Lipinski definition) is 5. The summed E-state index contributed by atoms with van der Waals surface area (Å²) in [6.45, 7) is 0.0375. The maximum Gasteiger partial charge on any atom is 0.408 e.